The van der Waals surface area contributed by atoms with Gasteiger partial charge in [-0.25, -0.2) is 4.39 Å². The topological polar surface area (TPSA) is 33.1 Å². The van der Waals surface area contributed by atoms with Crippen LogP contribution in [-0.4, -0.2) is 10.1 Å². The SMILES string of the molecule is Cc1ccc(C(C)(O)Cc2ccncc2)cc1F. The summed E-state index contributed by atoms with van der Waals surface area (Å²) in [6, 6.07) is 8.54. The summed E-state index contributed by atoms with van der Waals surface area (Å²) < 4.78 is 13.5. The van der Waals surface area contributed by atoms with Crippen molar-refractivity contribution in [1.29, 1.82) is 0 Å². The van der Waals surface area contributed by atoms with Crippen molar-refractivity contribution in [3.8, 4) is 0 Å². The summed E-state index contributed by atoms with van der Waals surface area (Å²) in [5.74, 6) is -0.289. The van der Waals surface area contributed by atoms with E-state index in [2.05, 4.69) is 4.98 Å². The van der Waals surface area contributed by atoms with Gasteiger partial charge in [0.1, 0.15) is 5.82 Å². The first-order chi connectivity index (χ1) is 8.49. The highest BCUT2D eigenvalue weighted by molar-refractivity contribution is 5.29. The van der Waals surface area contributed by atoms with Gasteiger partial charge in [-0.3, -0.25) is 4.98 Å². The van der Waals surface area contributed by atoms with E-state index < -0.39 is 5.60 Å². The minimum atomic E-state index is -1.09. The quantitative estimate of drug-likeness (QED) is 0.901. The first-order valence-electron chi connectivity index (χ1n) is 5.87. The minimum absolute atomic E-state index is 0.289. The van der Waals surface area contributed by atoms with Crippen molar-refractivity contribution >= 4 is 0 Å². The van der Waals surface area contributed by atoms with E-state index in [4.69, 9.17) is 0 Å². The molecule has 3 heteroatoms. The second kappa shape index (κ2) is 4.86. The molecule has 0 fully saturated rings. The van der Waals surface area contributed by atoms with Gasteiger partial charge >= 0.3 is 0 Å². The van der Waals surface area contributed by atoms with Gasteiger partial charge in [0.2, 0.25) is 0 Å². The summed E-state index contributed by atoms with van der Waals surface area (Å²) in [6.07, 6.45) is 3.79. The molecule has 0 amide bonds. The number of nitrogens with zero attached hydrogens (tertiary/aromatic N) is 1. The predicted molar refractivity (Wildman–Crippen MR) is 68.6 cm³/mol. The lowest BCUT2D eigenvalue weighted by Gasteiger charge is -2.24. The Labute approximate surface area is 106 Å². The number of hydrogen-bond acceptors (Lipinski definition) is 2. The molecule has 2 nitrogen and oxygen atoms in total. The first-order valence-corrected chi connectivity index (χ1v) is 5.87. The van der Waals surface area contributed by atoms with Crippen LogP contribution in [0.5, 0.6) is 0 Å². The van der Waals surface area contributed by atoms with Crippen molar-refractivity contribution < 1.29 is 9.50 Å². The van der Waals surface area contributed by atoms with E-state index in [1.807, 2.05) is 12.1 Å². The third-order valence-electron chi connectivity index (χ3n) is 3.09. The Morgan fingerprint density at radius 2 is 1.89 bits per heavy atom. The Hall–Kier alpha value is -1.74. The summed E-state index contributed by atoms with van der Waals surface area (Å²) in [6.45, 7) is 3.40. The van der Waals surface area contributed by atoms with Crippen LogP contribution in [0.3, 0.4) is 0 Å². The van der Waals surface area contributed by atoms with E-state index in [9.17, 15) is 9.50 Å². The zero-order valence-corrected chi connectivity index (χ0v) is 10.5. The highest BCUT2D eigenvalue weighted by Gasteiger charge is 2.24. The Kier molecular flexibility index (Phi) is 3.43. The fourth-order valence-electron chi connectivity index (χ4n) is 1.93. The number of pyridine rings is 1. The molecule has 0 bridgehead atoms. The van der Waals surface area contributed by atoms with Crippen molar-refractivity contribution in [3.63, 3.8) is 0 Å². The van der Waals surface area contributed by atoms with E-state index >= 15 is 0 Å². The number of aryl methyl sites for hydroxylation is 1. The van der Waals surface area contributed by atoms with Crippen LogP contribution in [0.2, 0.25) is 0 Å². The first kappa shape index (κ1) is 12.7. The predicted octanol–water partition coefficient (Wildman–Crippen LogP) is 2.98. The molecule has 0 aliphatic carbocycles. The van der Waals surface area contributed by atoms with E-state index in [0.717, 1.165) is 5.56 Å². The molecule has 1 aromatic carbocycles. The van der Waals surface area contributed by atoms with Crippen LogP contribution in [0.15, 0.2) is 42.7 Å². The molecule has 1 aromatic heterocycles. The Morgan fingerprint density at radius 3 is 2.50 bits per heavy atom. The molecular formula is C15H16FNO. The van der Waals surface area contributed by atoms with Crippen LogP contribution in [0, 0.1) is 12.7 Å². The number of benzene rings is 1. The average Bonchev–Trinajstić information content (AvgIpc) is 2.33. The van der Waals surface area contributed by atoms with E-state index in [1.54, 1.807) is 38.4 Å². The fraction of sp³-hybridized carbons (Fsp3) is 0.267. The summed E-state index contributed by atoms with van der Waals surface area (Å²) in [4.78, 5) is 3.93. The van der Waals surface area contributed by atoms with Crippen LogP contribution < -0.4 is 0 Å². The normalized spacial score (nSPS) is 14.2. The second-order valence-electron chi connectivity index (χ2n) is 4.77. The van der Waals surface area contributed by atoms with Crippen molar-refractivity contribution in [2.45, 2.75) is 25.9 Å². The standard InChI is InChI=1S/C15H16FNO/c1-11-3-4-13(9-14(11)16)15(2,18)10-12-5-7-17-8-6-12/h3-9,18H,10H2,1-2H3. The Balaban J connectivity index is 2.27. The molecule has 1 unspecified atom stereocenters. The molecule has 0 spiro atoms. The number of aliphatic hydroxyl groups is 1. The van der Waals surface area contributed by atoms with Crippen molar-refractivity contribution in [1.82, 2.24) is 4.98 Å². The van der Waals surface area contributed by atoms with Gasteiger partial charge in [-0.05, 0) is 48.7 Å². The van der Waals surface area contributed by atoms with Crippen molar-refractivity contribution in [2.75, 3.05) is 0 Å². The maximum atomic E-state index is 13.5. The number of halogens is 1. The highest BCUT2D eigenvalue weighted by atomic mass is 19.1. The number of aromatic nitrogens is 1. The van der Waals surface area contributed by atoms with Gasteiger partial charge in [0.05, 0.1) is 5.60 Å². The largest absolute Gasteiger partial charge is 0.385 e. The van der Waals surface area contributed by atoms with E-state index in [-0.39, 0.29) is 5.82 Å². The lowest BCUT2D eigenvalue weighted by molar-refractivity contribution is 0.0572. The molecule has 94 valence electrons. The molecule has 0 aliphatic rings. The Bertz CT molecular complexity index is 537. The third kappa shape index (κ3) is 2.74. The monoisotopic (exact) mass is 245 g/mol. The zero-order chi connectivity index (χ0) is 13.2. The van der Waals surface area contributed by atoms with Crippen LogP contribution >= 0.6 is 0 Å². The van der Waals surface area contributed by atoms with Crippen molar-refractivity contribution in [3.05, 3.63) is 65.2 Å². The van der Waals surface area contributed by atoms with Gasteiger partial charge in [0, 0.05) is 18.8 Å². The summed E-state index contributed by atoms with van der Waals surface area (Å²) >= 11 is 0. The summed E-state index contributed by atoms with van der Waals surface area (Å²) in [5.41, 5.74) is 1.05. The van der Waals surface area contributed by atoms with Crippen LogP contribution in [0.1, 0.15) is 23.6 Å². The van der Waals surface area contributed by atoms with Crippen LogP contribution in [0.25, 0.3) is 0 Å². The number of hydrogen-bond donors (Lipinski definition) is 1. The molecule has 2 aromatic rings. The lowest BCUT2D eigenvalue weighted by atomic mass is 9.89. The third-order valence-corrected chi connectivity index (χ3v) is 3.09. The van der Waals surface area contributed by atoms with Crippen molar-refractivity contribution in [2.24, 2.45) is 0 Å². The maximum Gasteiger partial charge on any atom is 0.126 e. The molecule has 0 aliphatic heterocycles. The fourth-order valence-corrected chi connectivity index (χ4v) is 1.93. The lowest BCUT2D eigenvalue weighted by Crippen LogP contribution is -2.24. The van der Waals surface area contributed by atoms with Gasteiger partial charge in [0.15, 0.2) is 0 Å². The zero-order valence-electron chi connectivity index (χ0n) is 10.5. The highest BCUT2D eigenvalue weighted by Crippen LogP contribution is 2.26. The van der Waals surface area contributed by atoms with Gasteiger partial charge < -0.3 is 5.11 Å². The smallest absolute Gasteiger partial charge is 0.126 e. The van der Waals surface area contributed by atoms with E-state index in [0.29, 0.717) is 17.5 Å². The maximum absolute atomic E-state index is 13.5. The molecule has 1 atom stereocenters. The van der Waals surface area contributed by atoms with Gasteiger partial charge in [0.25, 0.3) is 0 Å². The minimum Gasteiger partial charge on any atom is -0.385 e. The van der Waals surface area contributed by atoms with Gasteiger partial charge in [-0.1, -0.05) is 12.1 Å². The molecule has 1 N–H and O–H groups in total. The molecule has 2 rings (SSSR count). The number of rotatable bonds is 3. The average molecular weight is 245 g/mol. The molecule has 0 saturated heterocycles. The van der Waals surface area contributed by atoms with Crippen LogP contribution in [-0.2, 0) is 12.0 Å². The molecular weight excluding hydrogens is 229 g/mol. The molecule has 0 radical (unpaired) electrons. The molecule has 1 heterocycles. The van der Waals surface area contributed by atoms with Gasteiger partial charge in [-0.2, -0.15) is 0 Å². The summed E-state index contributed by atoms with van der Waals surface area (Å²) in [5, 5.41) is 10.5. The van der Waals surface area contributed by atoms with Gasteiger partial charge in [-0.15, -0.1) is 0 Å². The molecule has 18 heavy (non-hydrogen) atoms. The summed E-state index contributed by atoms with van der Waals surface area (Å²) in [7, 11) is 0. The second-order valence-corrected chi connectivity index (χ2v) is 4.77. The Morgan fingerprint density at radius 1 is 1.22 bits per heavy atom. The molecule has 0 saturated carbocycles. The van der Waals surface area contributed by atoms with Crippen LogP contribution in [0.4, 0.5) is 4.39 Å². The van der Waals surface area contributed by atoms with E-state index in [1.165, 1.54) is 6.07 Å².